The van der Waals surface area contributed by atoms with Crippen LogP contribution in [0, 0.1) is 12.7 Å². The highest BCUT2D eigenvalue weighted by atomic mass is 19.1. The fourth-order valence-corrected chi connectivity index (χ4v) is 4.82. The summed E-state index contributed by atoms with van der Waals surface area (Å²) in [6.07, 6.45) is 5.21. The molecule has 9 heteroatoms. The summed E-state index contributed by atoms with van der Waals surface area (Å²) in [5.74, 6) is 0.871. The average molecular weight is 567 g/mol. The van der Waals surface area contributed by atoms with Crippen LogP contribution in [0.15, 0.2) is 79.0 Å². The van der Waals surface area contributed by atoms with Crippen LogP contribution < -0.4 is 16.4 Å². The molecule has 3 aromatic carbocycles. The minimum absolute atomic E-state index is 0.0345. The molecule has 2 amide bonds. The van der Waals surface area contributed by atoms with Gasteiger partial charge in [-0.1, -0.05) is 48.9 Å². The smallest absolute Gasteiger partial charge is 0.244 e. The number of rotatable bonds is 10. The van der Waals surface area contributed by atoms with Crippen molar-refractivity contribution in [3.05, 3.63) is 107 Å². The number of hydrogen-bond donors (Lipinski definition) is 3. The van der Waals surface area contributed by atoms with E-state index in [-0.39, 0.29) is 24.2 Å². The third-order valence-electron chi connectivity index (χ3n) is 7.17. The zero-order valence-electron chi connectivity index (χ0n) is 23.8. The van der Waals surface area contributed by atoms with Gasteiger partial charge in [-0.25, -0.2) is 9.37 Å². The quantitative estimate of drug-likeness (QED) is 0.235. The number of nitrogens with one attached hydrogen (secondary N) is 2. The van der Waals surface area contributed by atoms with Crippen LogP contribution in [-0.2, 0) is 29.1 Å². The second-order valence-electron chi connectivity index (χ2n) is 10.5. The van der Waals surface area contributed by atoms with Crippen LogP contribution in [0.3, 0.4) is 0 Å². The molecule has 0 radical (unpaired) electrons. The summed E-state index contributed by atoms with van der Waals surface area (Å²) in [7, 11) is 0. The van der Waals surface area contributed by atoms with Gasteiger partial charge in [0.25, 0.3) is 0 Å². The Hall–Kier alpha value is -4.76. The lowest BCUT2D eigenvalue weighted by atomic mass is 10.0. The Morgan fingerprint density at radius 2 is 1.67 bits per heavy atom. The molecule has 1 aromatic heterocycles. The van der Waals surface area contributed by atoms with Crippen LogP contribution >= 0.6 is 0 Å². The zero-order chi connectivity index (χ0) is 29.6. The number of aryl methyl sites for hydroxylation is 1. The number of benzene rings is 3. The molecule has 1 aliphatic rings. The normalized spacial score (nSPS) is 13.0. The molecular formula is C33H35FN6O2. The maximum Gasteiger partial charge on any atom is 0.244 e. The van der Waals surface area contributed by atoms with Crippen molar-refractivity contribution in [2.24, 2.45) is 5.73 Å². The van der Waals surface area contributed by atoms with Crippen LogP contribution in [0.25, 0.3) is 17.5 Å². The van der Waals surface area contributed by atoms with Gasteiger partial charge in [-0.3, -0.25) is 14.2 Å². The van der Waals surface area contributed by atoms with Gasteiger partial charge in [-0.2, -0.15) is 0 Å². The molecule has 8 nitrogen and oxygen atoms in total. The Morgan fingerprint density at radius 1 is 0.976 bits per heavy atom. The van der Waals surface area contributed by atoms with Crippen molar-refractivity contribution < 1.29 is 14.0 Å². The maximum atomic E-state index is 13.7. The van der Waals surface area contributed by atoms with E-state index in [0.29, 0.717) is 30.9 Å². The van der Waals surface area contributed by atoms with Crippen molar-refractivity contribution in [1.82, 2.24) is 19.8 Å². The molecule has 0 spiro atoms. The number of amides is 2. The van der Waals surface area contributed by atoms with Crippen LogP contribution in [0.1, 0.15) is 42.3 Å². The second kappa shape index (κ2) is 12.8. The predicted molar refractivity (Wildman–Crippen MR) is 163 cm³/mol. The van der Waals surface area contributed by atoms with Gasteiger partial charge in [-0.15, -0.1) is 0 Å². The summed E-state index contributed by atoms with van der Waals surface area (Å²) >= 11 is 0. The average Bonchev–Trinajstić information content (AvgIpc) is 3.35. The highest BCUT2D eigenvalue weighted by Crippen LogP contribution is 2.33. The molecule has 2 heterocycles. The molecule has 0 aliphatic carbocycles. The van der Waals surface area contributed by atoms with Gasteiger partial charge in [0.15, 0.2) is 0 Å². The van der Waals surface area contributed by atoms with E-state index in [0.717, 1.165) is 40.2 Å². The van der Waals surface area contributed by atoms with E-state index in [2.05, 4.69) is 10.6 Å². The molecule has 4 aromatic rings. The SMILES string of the molecule is CCCC(=O)NCc1ccc(CC(N)C(=O)N2C=Cn3c(nc(-c4ccc(F)cc4)c3Nc3ccc(C)cc3)C2)cc1. The number of carbonyl (C=O) groups is 2. The van der Waals surface area contributed by atoms with E-state index in [9.17, 15) is 14.0 Å². The zero-order valence-corrected chi connectivity index (χ0v) is 23.8. The lowest BCUT2D eigenvalue weighted by molar-refractivity contribution is -0.130. The van der Waals surface area contributed by atoms with Gasteiger partial charge in [0, 0.05) is 36.6 Å². The number of anilines is 2. The number of aromatic nitrogens is 2. The molecule has 4 N–H and O–H groups in total. The number of nitrogens with two attached hydrogens (primary N) is 1. The first-order valence-corrected chi connectivity index (χ1v) is 14.1. The fraction of sp³-hybridized carbons (Fsp3) is 0.242. The van der Waals surface area contributed by atoms with Crippen LogP contribution in [0.2, 0.25) is 0 Å². The highest BCUT2D eigenvalue weighted by Gasteiger charge is 2.27. The minimum Gasteiger partial charge on any atom is -0.352 e. The van der Waals surface area contributed by atoms with Gasteiger partial charge in [0.05, 0.1) is 12.6 Å². The standard InChI is InChI=1S/C33H35FN6O2/c1-3-4-30(41)36-20-24-9-7-23(8-10-24)19-28(35)33(42)39-17-18-40-29(21-39)38-31(25-11-13-26(34)14-12-25)32(40)37-27-15-5-22(2)6-16-27/h5-18,28,37H,3-4,19-21,35H2,1-2H3,(H,36,41). The number of fused-ring (bicyclic) bond motifs is 1. The second-order valence-corrected chi connectivity index (χ2v) is 10.5. The monoisotopic (exact) mass is 566 g/mol. The van der Waals surface area contributed by atoms with Crippen molar-refractivity contribution in [2.75, 3.05) is 5.32 Å². The van der Waals surface area contributed by atoms with Gasteiger partial charge < -0.3 is 21.3 Å². The van der Waals surface area contributed by atoms with Crippen LogP contribution in [-0.4, -0.2) is 32.3 Å². The summed E-state index contributed by atoms with van der Waals surface area (Å²) in [6.45, 7) is 4.71. The summed E-state index contributed by atoms with van der Waals surface area (Å²) in [5.41, 5.74) is 11.7. The molecule has 42 heavy (non-hydrogen) atoms. The number of nitrogens with zero attached hydrogens (tertiary/aromatic N) is 3. The fourth-order valence-electron chi connectivity index (χ4n) is 4.82. The Kier molecular flexibility index (Phi) is 8.78. The highest BCUT2D eigenvalue weighted by molar-refractivity contribution is 5.84. The van der Waals surface area contributed by atoms with Crippen molar-refractivity contribution in [3.8, 4) is 11.3 Å². The van der Waals surface area contributed by atoms with Gasteiger partial charge in [0.1, 0.15) is 23.2 Å². The summed E-state index contributed by atoms with van der Waals surface area (Å²) in [5, 5.41) is 6.35. The molecule has 0 saturated carbocycles. The molecule has 1 unspecified atom stereocenters. The summed E-state index contributed by atoms with van der Waals surface area (Å²) in [4.78, 5) is 31.5. The Labute approximate surface area is 245 Å². The molecule has 216 valence electrons. The Morgan fingerprint density at radius 3 is 2.36 bits per heavy atom. The molecular weight excluding hydrogens is 531 g/mol. The van der Waals surface area contributed by atoms with Gasteiger partial charge in [-0.05, 0) is 67.3 Å². The van der Waals surface area contributed by atoms with Crippen molar-refractivity contribution in [2.45, 2.75) is 52.2 Å². The summed E-state index contributed by atoms with van der Waals surface area (Å²) < 4.78 is 15.6. The van der Waals surface area contributed by atoms with Crippen molar-refractivity contribution in [3.63, 3.8) is 0 Å². The molecule has 5 rings (SSSR count). The van der Waals surface area contributed by atoms with E-state index >= 15 is 0 Å². The molecule has 1 atom stereocenters. The first-order valence-electron chi connectivity index (χ1n) is 14.1. The first-order chi connectivity index (χ1) is 20.3. The molecule has 0 saturated heterocycles. The van der Waals surface area contributed by atoms with E-state index in [1.165, 1.54) is 12.1 Å². The number of hydrogen-bond acceptors (Lipinski definition) is 5. The number of halogens is 1. The van der Waals surface area contributed by atoms with Gasteiger partial charge >= 0.3 is 0 Å². The lowest BCUT2D eigenvalue weighted by Crippen LogP contribution is -2.43. The first kappa shape index (κ1) is 28.8. The van der Waals surface area contributed by atoms with E-state index in [4.69, 9.17) is 10.7 Å². The van der Waals surface area contributed by atoms with E-state index in [1.54, 1.807) is 29.4 Å². The van der Waals surface area contributed by atoms with Crippen LogP contribution in [0.5, 0.6) is 0 Å². The third kappa shape index (κ3) is 6.75. The molecule has 0 fully saturated rings. The third-order valence-corrected chi connectivity index (χ3v) is 7.17. The van der Waals surface area contributed by atoms with Gasteiger partial charge in [0.2, 0.25) is 11.8 Å². The largest absolute Gasteiger partial charge is 0.352 e. The predicted octanol–water partition coefficient (Wildman–Crippen LogP) is 5.50. The molecule has 0 bridgehead atoms. The van der Waals surface area contributed by atoms with E-state index < -0.39 is 6.04 Å². The minimum atomic E-state index is -0.743. The Bertz CT molecular complexity index is 1580. The Balaban J connectivity index is 1.30. The number of carbonyl (C=O) groups excluding carboxylic acids is 2. The lowest BCUT2D eigenvalue weighted by Gasteiger charge is -2.25. The van der Waals surface area contributed by atoms with Crippen molar-refractivity contribution >= 4 is 29.5 Å². The van der Waals surface area contributed by atoms with Crippen molar-refractivity contribution in [1.29, 1.82) is 0 Å². The summed E-state index contributed by atoms with van der Waals surface area (Å²) in [6, 6.07) is 21.2. The maximum absolute atomic E-state index is 13.7. The topological polar surface area (TPSA) is 105 Å². The van der Waals surface area contributed by atoms with E-state index in [1.807, 2.05) is 66.9 Å². The number of imidazole rings is 1. The molecule has 1 aliphatic heterocycles. The van der Waals surface area contributed by atoms with Crippen LogP contribution in [0.4, 0.5) is 15.9 Å².